The minimum absolute atomic E-state index is 0.518. The van der Waals surface area contributed by atoms with Gasteiger partial charge in [0.2, 0.25) is 0 Å². The van der Waals surface area contributed by atoms with Crippen LogP contribution < -0.4 is 5.32 Å². The van der Waals surface area contributed by atoms with Gasteiger partial charge >= 0.3 is 0 Å². The lowest BCUT2D eigenvalue weighted by Crippen LogP contribution is -2.04. The fourth-order valence-corrected chi connectivity index (χ4v) is 2.97. The molecule has 0 aliphatic rings. The van der Waals surface area contributed by atoms with E-state index in [9.17, 15) is 0 Å². The molecule has 0 unspecified atom stereocenters. The molecule has 25 heavy (non-hydrogen) atoms. The van der Waals surface area contributed by atoms with Gasteiger partial charge in [-0.25, -0.2) is 9.97 Å². The summed E-state index contributed by atoms with van der Waals surface area (Å²) in [5.41, 5.74) is 1.52. The van der Waals surface area contributed by atoms with Crippen molar-refractivity contribution in [3.8, 4) is 11.4 Å². The van der Waals surface area contributed by atoms with Crippen LogP contribution in [0.15, 0.2) is 65.3 Å². The SMILES string of the molecule is Clc1ccc2c(NCc3ccco3)nc(-c3ccccc3Cl)nc2c1. The van der Waals surface area contributed by atoms with Gasteiger partial charge in [0.1, 0.15) is 11.6 Å². The average molecular weight is 370 g/mol. The third-order valence-corrected chi connectivity index (χ3v) is 4.35. The van der Waals surface area contributed by atoms with Crippen molar-refractivity contribution in [1.29, 1.82) is 0 Å². The predicted octanol–water partition coefficient (Wildman–Crippen LogP) is 5.81. The highest BCUT2D eigenvalue weighted by Crippen LogP contribution is 2.30. The first-order valence-corrected chi connectivity index (χ1v) is 8.45. The quantitative estimate of drug-likeness (QED) is 0.493. The highest BCUT2D eigenvalue weighted by atomic mass is 35.5. The number of nitrogens with one attached hydrogen (secondary N) is 1. The Labute approximate surface area is 154 Å². The van der Waals surface area contributed by atoms with Crippen molar-refractivity contribution < 1.29 is 4.42 Å². The summed E-state index contributed by atoms with van der Waals surface area (Å²) >= 11 is 12.4. The summed E-state index contributed by atoms with van der Waals surface area (Å²) in [5.74, 6) is 2.07. The number of anilines is 1. The molecule has 0 bridgehead atoms. The van der Waals surface area contributed by atoms with Gasteiger partial charge < -0.3 is 9.73 Å². The smallest absolute Gasteiger partial charge is 0.163 e. The first kappa shape index (κ1) is 15.9. The number of aromatic nitrogens is 2. The highest BCUT2D eigenvalue weighted by molar-refractivity contribution is 6.33. The summed E-state index contributed by atoms with van der Waals surface area (Å²) in [7, 11) is 0. The topological polar surface area (TPSA) is 51.0 Å². The maximum Gasteiger partial charge on any atom is 0.163 e. The number of nitrogens with zero attached hydrogens (tertiary/aromatic N) is 2. The zero-order valence-electron chi connectivity index (χ0n) is 13.0. The van der Waals surface area contributed by atoms with E-state index in [0.29, 0.717) is 28.2 Å². The fourth-order valence-electron chi connectivity index (χ4n) is 2.58. The van der Waals surface area contributed by atoms with Crippen LogP contribution in [0.2, 0.25) is 10.0 Å². The van der Waals surface area contributed by atoms with Gasteiger partial charge in [-0.15, -0.1) is 0 Å². The van der Waals surface area contributed by atoms with E-state index in [0.717, 1.165) is 22.2 Å². The van der Waals surface area contributed by atoms with E-state index in [1.807, 2.05) is 54.6 Å². The lowest BCUT2D eigenvalue weighted by Gasteiger charge is -2.11. The lowest BCUT2D eigenvalue weighted by molar-refractivity contribution is 0.518. The monoisotopic (exact) mass is 369 g/mol. The number of halogens is 2. The Hall–Kier alpha value is -2.56. The van der Waals surface area contributed by atoms with E-state index in [-0.39, 0.29) is 0 Å². The molecule has 2 aromatic carbocycles. The second-order valence-corrected chi connectivity index (χ2v) is 6.31. The number of hydrogen-bond donors (Lipinski definition) is 1. The summed E-state index contributed by atoms with van der Waals surface area (Å²) in [5, 5.41) is 5.41. The average Bonchev–Trinajstić information content (AvgIpc) is 3.13. The predicted molar refractivity (Wildman–Crippen MR) is 101 cm³/mol. The minimum atomic E-state index is 0.518. The van der Waals surface area contributed by atoms with Crippen molar-refractivity contribution in [3.05, 3.63) is 76.7 Å². The van der Waals surface area contributed by atoms with E-state index in [2.05, 4.69) is 15.3 Å². The van der Waals surface area contributed by atoms with Crippen LogP contribution in [0.4, 0.5) is 5.82 Å². The van der Waals surface area contributed by atoms with Gasteiger partial charge in [0, 0.05) is 16.0 Å². The maximum absolute atomic E-state index is 6.31. The Kier molecular flexibility index (Phi) is 4.30. The summed E-state index contributed by atoms with van der Waals surface area (Å²) in [6.07, 6.45) is 1.64. The zero-order chi connectivity index (χ0) is 17.2. The molecule has 0 spiro atoms. The van der Waals surface area contributed by atoms with E-state index >= 15 is 0 Å². The highest BCUT2D eigenvalue weighted by Gasteiger charge is 2.12. The van der Waals surface area contributed by atoms with Crippen LogP contribution in [-0.4, -0.2) is 9.97 Å². The van der Waals surface area contributed by atoms with Crippen LogP contribution in [0.5, 0.6) is 0 Å². The van der Waals surface area contributed by atoms with Crippen LogP contribution >= 0.6 is 23.2 Å². The number of fused-ring (bicyclic) bond motifs is 1. The van der Waals surface area contributed by atoms with Gasteiger partial charge in [-0.3, -0.25) is 0 Å². The van der Waals surface area contributed by atoms with Gasteiger partial charge in [0.25, 0.3) is 0 Å². The molecule has 0 aliphatic heterocycles. The van der Waals surface area contributed by atoms with Gasteiger partial charge in [0.05, 0.1) is 23.3 Å². The molecule has 6 heteroatoms. The van der Waals surface area contributed by atoms with Crippen LogP contribution in [0.1, 0.15) is 5.76 Å². The Morgan fingerprint density at radius 2 is 1.84 bits per heavy atom. The summed E-state index contributed by atoms with van der Waals surface area (Å²) in [4.78, 5) is 9.30. The molecular weight excluding hydrogens is 357 g/mol. The largest absolute Gasteiger partial charge is 0.467 e. The maximum atomic E-state index is 6.31. The standard InChI is InChI=1S/C19H13Cl2N3O/c20-12-7-8-15-17(10-12)23-19(14-5-1-2-6-16(14)21)24-18(15)22-11-13-4-3-9-25-13/h1-10H,11H2,(H,22,23,24). The number of benzene rings is 2. The van der Waals surface area contributed by atoms with Crippen molar-refractivity contribution in [2.75, 3.05) is 5.32 Å². The van der Waals surface area contributed by atoms with E-state index < -0.39 is 0 Å². The van der Waals surface area contributed by atoms with Gasteiger partial charge in [-0.1, -0.05) is 35.3 Å². The molecule has 0 fully saturated rings. The molecule has 0 amide bonds. The number of rotatable bonds is 4. The molecule has 0 saturated carbocycles. The zero-order valence-corrected chi connectivity index (χ0v) is 14.6. The summed E-state index contributed by atoms with van der Waals surface area (Å²) < 4.78 is 5.37. The Bertz CT molecular complexity index is 1030. The molecular formula is C19H13Cl2N3O. The van der Waals surface area contributed by atoms with Crippen molar-refractivity contribution in [3.63, 3.8) is 0 Å². The normalized spacial score (nSPS) is 11.0. The second kappa shape index (κ2) is 6.75. The van der Waals surface area contributed by atoms with Crippen LogP contribution in [0, 0.1) is 0 Å². The molecule has 0 saturated heterocycles. The molecule has 0 radical (unpaired) electrons. The molecule has 0 atom stereocenters. The fraction of sp³-hybridized carbons (Fsp3) is 0.0526. The Morgan fingerprint density at radius 1 is 0.960 bits per heavy atom. The number of furan rings is 1. The molecule has 1 N–H and O–H groups in total. The van der Waals surface area contributed by atoms with Crippen molar-refractivity contribution in [2.24, 2.45) is 0 Å². The van der Waals surface area contributed by atoms with E-state index in [1.54, 1.807) is 6.26 Å². The van der Waals surface area contributed by atoms with Crippen LogP contribution in [0.3, 0.4) is 0 Å². The minimum Gasteiger partial charge on any atom is -0.467 e. The molecule has 4 rings (SSSR count). The summed E-state index contributed by atoms with van der Waals surface area (Å²) in [6, 6.07) is 16.8. The summed E-state index contributed by atoms with van der Waals surface area (Å²) in [6.45, 7) is 0.518. The molecule has 4 aromatic rings. The lowest BCUT2D eigenvalue weighted by atomic mass is 10.2. The molecule has 2 aromatic heterocycles. The number of hydrogen-bond acceptors (Lipinski definition) is 4. The van der Waals surface area contributed by atoms with E-state index in [1.165, 1.54) is 0 Å². The second-order valence-electron chi connectivity index (χ2n) is 5.47. The molecule has 0 aliphatic carbocycles. The van der Waals surface area contributed by atoms with Crippen molar-refractivity contribution in [1.82, 2.24) is 9.97 Å². The van der Waals surface area contributed by atoms with Gasteiger partial charge in [-0.2, -0.15) is 0 Å². The molecule has 2 heterocycles. The molecule has 4 nitrogen and oxygen atoms in total. The van der Waals surface area contributed by atoms with Crippen molar-refractivity contribution >= 4 is 39.9 Å². The molecule has 124 valence electrons. The first-order chi connectivity index (χ1) is 12.2. The van der Waals surface area contributed by atoms with Crippen molar-refractivity contribution in [2.45, 2.75) is 6.54 Å². The Morgan fingerprint density at radius 3 is 2.64 bits per heavy atom. The third-order valence-electron chi connectivity index (χ3n) is 3.78. The third kappa shape index (κ3) is 3.31. The van der Waals surface area contributed by atoms with E-state index in [4.69, 9.17) is 27.6 Å². The first-order valence-electron chi connectivity index (χ1n) is 7.69. The Balaban J connectivity index is 1.83. The van der Waals surface area contributed by atoms with Gasteiger partial charge in [0.15, 0.2) is 5.82 Å². The van der Waals surface area contributed by atoms with Crippen LogP contribution in [-0.2, 0) is 6.54 Å². The van der Waals surface area contributed by atoms with Gasteiger partial charge in [-0.05, 0) is 42.5 Å². The van der Waals surface area contributed by atoms with Crippen LogP contribution in [0.25, 0.3) is 22.3 Å².